The fourth-order valence-electron chi connectivity index (χ4n) is 6.21. The minimum atomic E-state index is -3.19. The van der Waals surface area contributed by atoms with Crippen LogP contribution in [0.2, 0.25) is 0 Å². The van der Waals surface area contributed by atoms with Crippen LogP contribution in [0.25, 0.3) is 11.1 Å². The van der Waals surface area contributed by atoms with Crippen molar-refractivity contribution >= 4 is 11.6 Å². The summed E-state index contributed by atoms with van der Waals surface area (Å²) in [4.78, 5) is 15.4. The largest absolute Gasteiger partial charge is 0.487 e. The van der Waals surface area contributed by atoms with Crippen molar-refractivity contribution in [2.45, 2.75) is 63.3 Å². The molecule has 0 unspecified atom stereocenters. The van der Waals surface area contributed by atoms with E-state index in [9.17, 15) is 14.0 Å². The Kier molecular flexibility index (Phi) is 10.9. The molecule has 1 atom stereocenters. The maximum Gasteiger partial charge on any atom is 0.304 e. The highest BCUT2D eigenvalue weighted by Gasteiger charge is 2.32. The first-order chi connectivity index (χ1) is 23.8. The Hall–Kier alpha value is -4.72. The monoisotopic (exact) mass is 678 g/mol. The summed E-state index contributed by atoms with van der Waals surface area (Å²) in [6.45, 7) is 4.10. The van der Waals surface area contributed by atoms with Crippen molar-refractivity contribution < 1.29 is 27.7 Å². The van der Waals surface area contributed by atoms with Crippen LogP contribution < -0.4 is 14.8 Å². The molecule has 1 aromatic carbocycles. The lowest BCUT2D eigenvalue weighted by molar-refractivity contribution is -0.0917. The van der Waals surface area contributed by atoms with E-state index in [0.717, 1.165) is 57.6 Å². The summed E-state index contributed by atoms with van der Waals surface area (Å²) in [6, 6.07) is 8.02. The van der Waals surface area contributed by atoms with E-state index in [1.165, 1.54) is 13.4 Å². The van der Waals surface area contributed by atoms with Gasteiger partial charge in [-0.3, -0.25) is 9.58 Å². The third kappa shape index (κ3) is 8.85. The molecule has 1 aliphatic heterocycles. The average Bonchev–Trinajstić information content (AvgIpc) is 3.78. The molecule has 2 aliphatic rings. The van der Waals surface area contributed by atoms with Gasteiger partial charge in [-0.05, 0) is 50.3 Å². The van der Waals surface area contributed by atoms with Crippen LogP contribution in [0.15, 0.2) is 49.4 Å². The molecule has 0 amide bonds. The fraction of sp³-hybridized carbons (Fsp3) is 0.515. The van der Waals surface area contributed by atoms with Crippen molar-refractivity contribution in [3.8, 4) is 28.8 Å². The van der Waals surface area contributed by atoms with Crippen molar-refractivity contribution in [2.24, 2.45) is 0 Å². The van der Waals surface area contributed by atoms with Gasteiger partial charge in [0, 0.05) is 44.2 Å². The lowest BCUT2D eigenvalue weighted by atomic mass is 9.90. The van der Waals surface area contributed by atoms with Gasteiger partial charge in [-0.15, -0.1) is 5.10 Å². The standard InChI is InChI=1S/C33H40F2N10O4/c1-23(17-44-22-37-21-40-44)49-30-13-24(3-4-25(30)14-36)26-15-38-32(39-16-26)41-29-18-45(42-31(29)48-20-33(34,35)19-46-2)28-7-5-27(6-8-28)43-9-11-47-12-10-43/h3-4,13,15-16,18,21-23,27-28H,5-12,17,19-20H2,1-2H3,(H,38,39,41)/t23-,27?,28?/m0/s1. The van der Waals surface area contributed by atoms with Crippen LogP contribution in [0.5, 0.6) is 11.6 Å². The molecule has 260 valence electrons. The van der Waals surface area contributed by atoms with Gasteiger partial charge in [0.15, 0.2) is 6.61 Å². The second-order valence-electron chi connectivity index (χ2n) is 12.3. The molecule has 49 heavy (non-hydrogen) atoms. The Balaban J connectivity index is 1.16. The second-order valence-corrected chi connectivity index (χ2v) is 12.3. The predicted molar refractivity (Wildman–Crippen MR) is 174 cm³/mol. The van der Waals surface area contributed by atoms with E-state index in [2.05, 4.69) is 46.2 Å². The van der Waals surface area contributed by atoms with Gasteiger partial charge in [-0.25, -0.2) is 28.4 Å². The van der Waals surface area contributed by atoms with E-state index in [1.54, 1.807) is 52.5 Å². The lowest BCUT2D eigenvalue weighted by Gasteiger charge is -2.38. The number of nitrogens with zero attached hydrogens (tertiary/aromatic N) is 9. The van der Waals surface area contributed by atoms with Gasteiger partial charge in [0.25, 0.3) is 5.88 Å². The molecular formula is C33H40F2N10O4. The molecule has 1 saturated heterocycles. The van der Waals surface area contributed by atoms with Gasteiger partial charge in [0.1, 0.15) is 42.9 Å². The Bertz CT molecular complexity index is 1680. The third-order valence-electron chi connectivity index (χ3n) is 8.65. The molecular weight excluding hydrogens is 638 g/mol. The Labute approximate surface area is 283 Å². The zero-order chi connectivity index (χ0) is 34.2. The van der Waals surface area contributed by atoms with Crippen molar-refractivity contribution in [3.05, 3.63) is 55.0 Å². The smallest absolute Gasteiger partial charge is 0.304 e. The van der Waals surface area contributed by atoms with Crippen LogP contribution in [-0.2, 0) is 16.0 Å². The minimum Gasteiger partial charge on any atom is -0.487 e. The fourth-order valence-corrected chi connectivity index (χ4v) is 6.21. The number of nitriles is 1. The van der Waals surface area contributed by atoms with Gasteiger partial charge in [0.2, 0.25) is 5.95 Å². The Morgan fingerprint density at radius 2 is 1.84 bits per heavy atom. The van der Waals surface area contributed by atoms with E-state index in [-0.39, 0.29) is 24.0 Å². The van der Waals surface area contributed by atoms with Crippen LogP contribution in [0.1, 0.15) is 44.2 Å². The maximum atomic E-state index is 14.3. The molecule has 0 radical (unpaired) electrons. The summed E-state index contributed by atoms with van der Waals surface area (Å²) in [5.74, 6) is -2.50. The number of alkyl halides is 2. The molecule has 4 heterocycles. The third-order valence-corrected chi connectivity index (χ3v) is 8.65. The maximum absolute atomic E-state index is 14.3. The number of benzene rings is 1. The lowest BCUT2D eigenvalue weighted by Crippen LogP contribution is -2.45. The van der Waals surface area contributed by atoms with Crippen LogP contribution in [0.4, 0.5) is 20.4 Å². The van der Waals surface area contributed by atoms with Gasteiger partial charge in [-0.2, -0.15) is 10.4 Å². The molecule has 0 bridgehead atoms. The topological polar surface area (TPSA) is 150 Å². The molecule has 2 fully saturated rings. The molecule has 1 saturated carbocycles. The van der Waals surface area contributed by atoms with Crippen LogP contribution in [-0.4, -0.2) is 104 Å². The van der Waals surface area contributed by atoms with Gasteiger partial charge < -0.3 is 24.3 Å². The summed E-state index contributed by atoms with van der Waals surface area (Å²) >= 11 is 0. The highest BCUT2D eigenvalue weighted by Crippen LogP contribution is 2.35. The summed E-state index contributed by atoms with van der Waals surface area (Å²) in [5, 5.41) is 21.4. The first-order valence-electron chi connectivity index (χ1n) is 16.3. The average molecular weight is 679 g/mol. The second kappa shape index (κ2) is 15.7. The summed E-state index contributed by atoms with van der Waals surface area (Å²) in [6.07, 6.45) is 11.6. The molecule has 1 N–H and O–H groups in total. The number of methoxy groups -OCH3 is 1. The quantitative estimate of drug-likeness (QED) is 0.200. The van der Waals surface area contributed by atoms with E-state index >= 15 is 0 Å². The number of ether oxygens (including phenoxy) is 4. The minimum absolute atomic E-state index is 0.0349. The SMILES string of the molecule is COCC(F)(F)COc1nn(C2CCC(N3CCOCC3)CC2)cc1Nc1ncc(-c2ccc(C#N)c(O[C@@H](C)Cn3cncn3)c2)cn1. The van der Waals surface area contributed by atoms with E-state index in [4.69, 9.17) is 14.2 Å². The van der Waals surface area contributed by atoms with Gasteiger partial charge in [0.05, 0.1) is 37.6 Å². The number of rotatable bonds is 14. The van der Waals surface area contributed by atoms with Crippen molar-refractivity contribution in [1.29, 1.82) is 5.26 Å². The Morgan fingerprint density at radius 3 is 2.53 bits per heavy atom. The first kappa shape index (κ1) is 34.2. The normalized spacial score (nSPS) is 19.2. The van der Waals surface area contributed by atoms with E-state index in [1.807, 2.05) is 6.92 Å². The van der Waals surface area contributed by atoms with E-state index in [0.29, 0.717) is 35.2 Å². The summed E-state index contributed by atoms with van der Waals surface area (Å²) < 4.78 is 53.9. The number of hydrogen-bond donors (Lipinski definition) is 1. The number of morpholine rings is 1. The van der Waals surface area contributed by atoms with Crippen LogP contribution in [0.3, 0.4) is 0 Å². The van der Waals surface area contributed by atoms with Crippen LogP contribution in [0, 0.1) is 11.3 Å². The summed E-state index contributed by atoms with van der Waals surface area (Å²) in [5.41, 5.74) is 2.21. The molecule has 6 rings (SSSR count). The zero-order valence-electron chi connectivity index (χ0n) is 27.5. The molecule has 14 nitrogen and oxygen atoms in total. The van der Waals surface area contributed by atoms with Crippen molar-refractivity contribution in [1.82, 2.24) is 39.4 Å². The predicted octanol–water partition coefficient (Wildman–Crippen LogP) is 4.49. The highest BCUT2D eigenvalue weighted by molar-refractivity contribution is 5.67. The number of halogens is 2. The van der Waals surface area contributed by atoms with Gasteiger partial charge in [-0.1, -0.05) is 6.07 Å². The number of aromatic nitrogens is 7. The summed E-state index contributed by atoms with van der Waals surface area (Å²) in [7, 11) is 1.22. The van der Waals surface area contributed by atoms with Crippen molar-refractivity contribution in [3.63, 3.8) is 0 Å². The first-order valence-corrected chi connectivity index (χ1v) is 16.3. The number of nitrogens with one attached hydrogen (secondary N) is 1. The van der Waals surface area contributed by atoms with Crippen LogP contribution >= 0.6 is 0 Å². The van der Waals surface area contributed by atoms with E-state index < -0.39 is 19.1 Å². The molecule has 0 spiro atoms. The zero-order valence-corrected chi connectivity index (χ0v) is 27.5. The molecule has 16 heteroatoms. The molecule has 1 aliphatic carbocycles. The molecule has 3 aromatic heterocycles. The Morgan fingerprint density at radius 1 is 1.08 bits per heavy atom. The molecule has 4 aromatic rings. The number of anilines is 2. The van der Waals surface area contributed by atoms with Gasteiger partial charge >= 0.3 is 5.92 Å². The number of hydrogen-bond acceptors (Lipinski definition) is 12. The highest BCUT2D eigenvalue weighted by atomic mass is 19.3. The van der Waals surface area contributed by atoms with Crippen molar-refractivity contribution in [2.75, 3.05) is 51.9 Å².